The standard InChI is InChI=1S/C8H13N3OS2/c9-7(6-1-2-12-3-6)4-13-8-10-5-11-14-8/h5-7H,1-4,9H2. The molecule has 0 aliphatic carbocycles. The second-order valence-electron chi connectivity index (χ2n) is 3.31. The molecule has 4 nitrogen and oxygen atoms in total. The summed E-state index contributed by atoms with van der Waals surface area (Å²) < 4.78 is 10.2. The van der Waals surface area contributed by atoms with Gasteiger partial charge in [-0.1, -0.05) is 11.8 Å². The van der Waals surface area contributed by atoms with E-state index in [2.05, 4.69) is 9.36 Å². The van der Waals surface area contributed by atoms with Crippen molar-refractivity contribution in [3.05, 3.63) is 6.33 Å². The fraction of sp³-hybridized carbons (Fsp3) is 0.750. The molecular formula is C8H13N3OS2. The van der Waals surface area contributed by atoms with Gasteiger partial charge < -0.3 is 10.5 Å². The van der Waals surface area contributed by atoms with Gasteiger partial charge in [-0.3, -0.25) is 0 Å². The lowest BCUT2D eigenvalue weighted by molar-refractivity contribution is 0.182. The zero-order valence-electron chi connectivity index (χ0n) is 7.76. The molecule has 0 aromatic carbocycles. The maximum absolute atomic E-state index is 6.05. The first-order valence-electron chi connectivity index (χ1n) is 4.59. The number of rotatable bonds is 4. The van der Waals surface area contributed by atoms with Crippen LogP contribution in [-0.4, -0.2) is 34.4 Å². The molecular weight excluding hydrogens is 218 g/mol. The number of thioether (sulfide) groups is 1. The van der Waals surface area contributed by atoms with E-state index in [1.807, 2.05) is 0 Å². The minimum absolute atomic E-state index is 0.214. The summed E-state index contributed by atoms with van der Waals surface area (Å²) in [6.07, 6.45) is 2.68. The topological polar surface area (TPSA) is 61.0 Å². The van der Waals surface area contributed by atoms with Crippen LogP contribution in [0.4, 0.5) is 0 Å². The highest BCUT2D eigenvalue weighted by atomic mass is 32.2. The van der Waals surface area contributed by atoms with E-state index in [9.17, 15) is 0 Å². The second-order valence-corrected chi connectivity index (χ2v) is 5.35. The monoisotopic (exact) mass is 231 g/mol. The Morgan fingerprint density at radius 2 is 2.71 bits per heavy atom. The summed E-state index contributed by atoms with van der Waals surface area (Å²) in [6, 6.07) is 0.214. The molecule has 1 aromatic rings. The van der Waals surface area contributed by atoms with Crippen molar-refractivity contribution in [1.82, 2.24) is 9.36 Å². The Kier molecular flexibility index (Phi) is 3.74. The molecule has 0 spiro atoms. The molecule has 0 amide bonds. The molecule has 2 unspecified atom stereocenters. The zero-order valence-corrected chi connectivity index (χ0v) is 9.39. The Balaban J connectivity index is 1.74. The van der Waals surface area contributed by atoms with E-state index >= 15 is 0 Å². The van der Waals surface area contributed by atoms with Crippen LogP contribution in [0, 0.1) is 5.92 Å². The number of hydrogen-bond donors (Lipinski definition) is 1. The number of nitrogens with two attached hydrogens (primary N) is 1. The van der Waals surface area contributed by atoms with Crippen molar-refractivity contribution >= 4 is 23.3 Å². The van der Waals surface area contributed by atoms with Crippen LogP contribution in [0.1, 0.15) is 6.42 Å². The van der Waals surface area contributed by atoms with Gasteiger partial charge in [-0.25, -0.2) is 4.98 Å². The summed E-state index contributed by atoms with van der Waals surface area (Å²) in [6.45, 7) is 1.68. The zero-order chi connectivity index (χ0) is 9.80. The van der Waals surface area contributed by atoms with E-state index in [0.29, 0.717) is 5.92 Å². The van der Waals surface area contributed by atoms with Crippen molar-refractivity contribution < 1.29 is 4.74 Å². The van der Waals surface area contributed by atoms with E-state index in [4.69, 9.17) is 10.5 Å². The minimum atomic E-state index is 0.214. The molecule has 2 N–H and O–H groups in total. The highest BCUT2D eigenvalue weighted by Crippen LogP contribution is 2.23. The third-order valence-electron chi connectivity index (χ3n) is 2.31. The van der Waals surface area contributed by atoms with E-state index in [-0.39, 0.29) is 6.04 Å². The quantitative estimate of drug-likeness (QED) is 0.783. The van der Waals surface area contributed by atoms with Gasteiger partial charge >= 0.3 is 0 Å². The molecule has 1 aliphatic rings. The Morgan fingerprint density at radius 1 is 1.79 bits per heavy atom. The fourth-order valence-corrected chi connectivity index (χ4v) is 2.97. The van der Waals surface area contributed by atoms with E-state index in [1.165, 1.54) is 11.5 Å². The first kappa shape index (κ1) is 10.4. The first-order chi connectivity index (χ1) is 6.86. The van der Waals surface area contributed by atoms with Crippen molar-refractivity contribution in [2.75, 3.05) is 19.0 Å². The summed E-state index contributed by atoms with van der Waals surface area (Å²) in [4.78, 5) is 4.10. The molecule has 1 saturated heterocycles. The molecule has 6 heteroatoms. The van der Waals surface area contributed by atoms with Crippen LogP contribution >= 0.6 is 23.3 Å². The van der Waals surface area contributed by atoms with Gasteiger partial charge in [0.1, 0.15) is 6.33 Å². The SMILES string of the molecule is NC(CSc1ncns1)C1CCOC1. The lowest BCUT2D eigenvalue weighted by Gasteiger charge is -2.15. The van der Waals surface area contributed by atoms with Crippen LogP contribution in [0.5, 0.6) is 0 Å². The highest BCUT2D eigenvalue weighted by molar-refractivity contribution is 8.00. The summed E-state index contributed by atoms with van der Waals surface area (Å²) in [7, 11) is 0. The van der Waals surface area contributed by atoms with Crippen LogP contribution in [-0.2, 0) is 4.74 Å². The molecule has 2 heterocycles. The number of hydrogen-bond acceptors (Lipinski definition) is 6. The molecule has 1 fully saturated rings. The maximum atomic E-state index is 6.05. The van der Waals surface area contributed by atoms with Gasteiger partial charge in [0.25, 0.3) is 0 Å². The molecule has 1 aliphatic heterocycles. The largest absolute Gasteiger partial charge is 0.381 e. The van der Waals surface area contributed by atoms with Gasteiger partial charge in [0.05, 0.1) is 6.61 Å². The second kappa shape index (κ2) is 5.06. The Hall–Kier alpha value is -0.170. The van der Waals surface area contributed by atoms with Crippen LogP contribution < -0.4 is 5.73 Å². The van der Waals surface area contributed by atoms with Gasteiger partial charge in [0, 0.05) is 24.3 Å². The van der Waals surface area contributed by atoms with Crippen molar-refractivity contribution in [3.63, 3.8) is 0 Å². The molecule has 0 bridgehead atoms. The smallest absolute Gasteiger partial charge is 0.169 e. The third kappa shape index (κ3) is 2.66. The van der Waals surface area contributed by atoms with Crippen molar-refractivity contribution in [3.8, 4) is 0 Å². The Morgan fingerprint density at radius 3 is 3.36 bits per heavy atom. The summed E-state index contributed by atoms with van der Waals surface area (Å²) in [5, 5.41) is 0. The van der Waals surface area contributed by atoms with Crippen LogP contribution in [0.25, 0.3) is 0 Å². The van der Waals surface area contributed by atoms with Crippen LogP contribution in [0.3, 0.4) is 0 Å². The molecule has 0 radical (unpaired) electrons. The summed E-state index contributed by atoms with van der Waals surface area (Å²) in [5.74, 6) is 1.43. The fourth-order valence-electron chi connectivity index (χ4n) is 1.42. The first-order valence-corrected chi connectivity index (χ1v) is 6.35. The average molecular weight is 231 g/mol. The van der Waals surface area contributed by atoms with Gasteiger partial charge in [-0.05, 0) is 18.0 Å². The molecule has 78 valence electrons. The van der Waals surface area contributed by atoms with Gasteiger partial charge in [0.15, 0.2) is 4.34 Å². The molecule has 14 heavy (non-hydrogen) atoms. The van der Waals surface area contributed by atoms with E-state index in [1.54, 1.807) is 18.1 Å². The summed E-state index contributed by atoms with van der Waals surface area (Å²) in [5.41, 5.74) is 6.05. The molecule has 2 rings (SSSR count). The number of aromatic nitrogens is 2. The molecule has 2 atom stereocenters. The van der Waals surface area contributed by atoms with Crippen LogP contribution in [0.2, 0.25) is 0 Å². The van der Waals surface area contributed by atoms with Crippen LogP contribution in [0.15, 0.2) is 10.7 Å². The minimum Gasteiger partial charge on any atom is -0.381 e. The van der Waals surface area contributed by atoms with E-state index < -0.39 is 0 Å². The lowest BCUT2D eigenvalue weighted by atomic mass is 10.0. The normalized spacial score (nSPS) is 23.9. The number of ether oxygens (including phenoxy) is 1. The van der Waals surface area contributed by atoms with E-state index in [0.717, 1.165) is 29.7 Å². The summed E-state index contributed by atoms with van der Waals surface area (Å²) >= 11 is 3.11. The molecule has 1 aromatic heterocycles. The van der Waals surface area contributed by atoms with Gasteiger partial charge in [0.2, 0.25) is 0 Å². The van der Waals surface area contributed by atoms with Crippen molar-refractivity contribution in [2.45, 2.75) is 16.8 Å². The average Bonchev–Trinajstić information content (AvgIpc) is 2.87. The van der Waals surface area contributed by atoms with Gasteiger partial charge in [-0.15, -0.1) is 0 Å². The Bertz CT molecular complexity index is 262. The predicted octanol–water partition coefficient (Wildman–Crippen LogP) is 0.994. The van der Waals surface area contributed by atoms with Crippen molar-refractivity contribution in [2.24, 2.45) is 11.7 Å². The maximum Gasteiger partial charge on any atom is 0.169 e. The molecule has 0 saturated carbocycles. The van der Waals surface area contributed by atoms with Gasteiger partial charge in [-0.2, -0.15) is 4.37 Å². The lowest BCUT2D eigenvalue weighted by Crippen LogP contribution is -2.32. The third-order valence-corrected chi connectivity index (χ3v) is 4.25. The van der Waals surface area contributed by atoms with Crippen molar-refractivity contribution in [1.29, 1.82) is 0 Å². The highest BCUT2D eigenvalue weighted by Gasteiger charge is 2.22. The number of nitrogens with zero attached hydrogens (tertiary/aromatic N) is 2. The predicted molar refractivity (Wildman–Crippen MR) is 57.5 cm³/mol. The Labute approximate surface area is 91.4 Å².